The maximum atomic E-state index is 12.4. The molecule has 6 nitrogen and oxygen atoms in total. The molecule has 0 fully saturated rings. The van der Waals surface area contributed by atoms with Crippen LogP contribution in [0.4, 0.5) is 0 Å². The molecule has 2 rings (SSSR count). The van der Waals surface area contributed by atoms with Gasteiger partial charge in [-0.05, 0) is 29.8 Å². The summed E-state index contributed by atoms with van der Waals surface area (Å²) in [5.74, 6) is -3.51. The van der Waals surface area contributed by atoms with Crippen molar-refractivity contribution in [1.82, 2.24) is 0 Å². The number of carbonyl (C=O) groups is 2. The van der Waals surface area contributed by atoms with Gasteiger partial charge in [0.1, 0.15) is 0 Å². The Labute approximate surface area is 126 Å². The molecule has 1 unspecified atom stereocenters. The zero-order valence-corrected chi connectivity index (χ0v) is 11.8. The molecule has 0 spiro atoms. The quantitative estimate of drug-likeness (QED) is 0.507. The van der Waals surface area contributed by atoms with Gasteiger partial charge in [-0.3, -0.25) is 9.59 Å². The molecule has 0 aliphatic rings. The summed E-state index contributed by atoms with van der Waals surface area (Å²) in [5, 5.41) is 28.5. The van der Waals surface area contributed by atoms with Gasteiger partial charge in [0, 0.05) is 11.5 Å². The predicted molar refractivity (Wildman–Crippen MR) is 79.1 cm³/mol. The highest BCUT2D eigenvalue weighted by Gasteiger charge is 2.23. The fourth-order valence-electron chi connectivity index (χ4n) is 2.09. The van der Waals surface area contributed by atoms with Crippen LogP contribution in [0.1, 0.15) is 39.1 Å². The van der Waals surface area contributed by atoms with Crippen molar-refractivity contribution < 1.29 is 24.9 Å². The van der Waals surface area contributed by atoms with Gasteiger partial charge < -0.3 is 21.1 Å². The van der Waals surface area contributed by atoms with Crippen molar-refractivity contribution in [3.05, 3.63) is 53.1 Å². The lowest BCUT2D eigenvalue weighted by atomic mass is 9.91. The molecule has 0 radical (unpaired) electrons. The fraction of sp³-hybridized carbons (Fsp3) is 0.125. The molecule has 22 heavy (non-hydrogen) atoms. The third-order valence-corrected chi connectivity index (χ3v) is 3.48. The van der Waals surface area contributed by atoms with E-state index in [0.717, 1.165) is 6.07 Å². The van der Waals surface area contributed by atoms with Crippen LogP contribution in [0.2, 0.25) is 0 Å². The van der Waals surface area contributed by atoms with Crippen molar-refractivity contribution in [1.29, 1.82) is 0 Å². The number of nitrogens with two attached hydrogens (primary N) is 1. The number of aromatic hydroxyl groups is 3. The number of amides is 1. The van der Waals surface area contributed by atoms with Crippen LogP contribution in [0, 0.1) is 0 Å². The largest absolute Gasteiger partial charge is 0.504 e. The van der Waals surface area contributed by atoms with Gasteiger partial charge in [-0.2, -0.15) is 0 Å². The van der Waals surface area contributed by atoms with E-state index >= 15 is 0 Å². The molecular weight excluding hydrogens is 286 g/mol. The Balaban J connectivity index is 2.33. The Bertz CT molecular complexity index is 737. The Morgan fingerprint density at radius 2 is 1.55 bits per heavy atom. The summed E-state index contributed by atoms with van der Waals surface area (Å²) >= 11 is 0. The Morgan fingerprint density at radius 1 is 0.955 bits per heavy atom. The molecule has 1 atom stereocenters. The monoisotopic (exact) mass is 301 g/mol. The second kappa shape index (κ2) is 5.77. The van der Waals surface area contributed by atoms with Crippen molar-refractivity contribution in [3.63, 3.8) is 0 Å². The number of rotatable bonds is 4. The van der Waals surface area contributed by atoms with Gasteiger partial charge in [0.15, 0.2) is 17.3 Å². The number of hydrogen-bond donors (Lipinski definition) is 4. The van der Waals surface area contributed by atoms with Gasteiger partial charge >= 0.3 is 0 Å². The first kappa shape index (κ1) is 15.4. The second-order valence-corrected chi connectivity index (χ2v) is 4.90. The minimum atomic E-state index is -0.734. The van der Waals surface area contributed by atoms with E-state index in [9.17, 15) is 24.9 Å². The molecule has 0 aliphatic heterocycles. The summed E-state index contributed by atoms with van der Waals surface area (Å²) in [4.78, 5) is 23.4. The lowest BCUT2D eigenvalue weighted by molar-refractivity contribution is 0.0961. The first-order valence-electron chi connectivity index (χ1n) is 6.50. The molecular formula is C16H15NO5. The summed E-state index contributed by atoms with van der Waals surface area (Å²) < 4.78 is 0. The Morgan fingerprint density at radius 3 is 2.09 bits per heavy atom. The Kier molecular flexibility index (Phi) is 4.03. The molecule has 0 saturated heterocycles. The van der Waals surface area contributed by atoms with Crippen LogP contribution in [0.15, 0.2) is 36.4 Å². The zero-order valence-electron chi connectivity index (χ0n) is 11.8. The number of carbonyl (C=O) groups excluding carboxylic acids is 2. The van der Waals surface area contributed by atoms with E-state index in [1.165, 1.54) is 18.2 Å². The van der Waals surface area contributed by atoms with Crippen LogP contribution < -0.4 is 5.73 Å². The van der Waals surface area contributed by atoms with Gasteiger partial charge in [0.05, 0.1) is 5.56 Å². The highest BCUT2D eigenvalue weighted by Crippen LogP contribution is 2.38. The SMILES string of the molecule is CC(C(=O)c1ccc(O)c(O)c1O)c1ccc(C(N)=O)cc1. The fourth-order valence-corrected chi connectivity index (χ4v) is 2.09. The summed E-state index contributed by atoms with van der Waals surface area (Å²) in [5.41, 5.74) is 6.01. The van der Waals surface area contributed by atoms with E-state index in [1.54, 1.807) is 19.1 Å². The molecule has 2 aromatic carbocycles. The number of ketones is 1. The summed E-state index contributed by atoms with van der Waals surface area (Å²) in [6.45, 7) is 1.63. The predicted octanol–water partition coefficient (Wildman–Crippen LogP) is 1.89. The lowest BCUT2D eigenvalue weighted by Gasteiger charge is -2.13. The molecule has 0 heterocycles. The van der Waals surface area contributed by atoms with Crippen LogP contribution in [0.25, 0.3) is 0 Å². The molecule has 114 valence electrons. The average molecular weight is 301 g/mol. The summed E-state index contributed by atoms with van der Waals surface area (Å²) in [7, 11) is 0. The van der Waals surface area contributed by atoms with Gasteiger partial charge in [0.2, 0.25) is 11.7 Å². The first-order chi connectivity index (χ1) is 10.3. The van der Waals surface area contributed by atoms with Gasteiger partial charge in [0.25, 0.3) is 0 Å². The van der Waals surface area contributed by atoms with Crippen molar-refractivity contribution >= 4 is 11.7 Å². The van der Waals surface area contributed by atoms with Gasteiger partial charge in [-0.15, -0.1) is 0 Å². The van der Waals surface area contributed by atoms with E-state index < -0.39 is 34.9 Å². The summed E-state index contributed by atoms with van der Waals surface area (Å²) in [6.07, 6.45) is 0. The van der Waals surface area contributed by atoms with E-state index in [2.05, 4.69) is 0 Å². The number of Topliss-reactive ketones (excluding diaryl/α,β-unsaturated/α-hetero) is 1. The average Bonchev–Trinajstić information content (AvgIpc) is 2.51. The maximum Gasteiger partial charge on any atom is 0.248 e. The van der Waals surface area contributed by atoms with Crippen molar-refractivity contribution in [2.45, 2.75) is 12.8 Å². The molecule has 0 bridgehead atoms. The standard InChI is InChI=1S/C16H15NO5/c1-8(9-2-4-10(5-3-9)16(17)22)13(19)11-6-7-12(18)15(21)14(11)20/h2-8,18,20-21H,1H3,(H2,17,22). The highest BCUT2D eigenvalue weighted by molar-refractivity contribution is 6.03. The number of phenols is 3. The van der Waals surface area contributed by atoms with Crippen LogP contribution in [-0.4, -0.2) is 27.0 Å². The highest BCUT2D eigenvalue weighted by atomic mass is 16.3. The van der Waals surface area contributed by atoms with Crippen molar-refractivity contribution in [3.8, 4) is 17.2 Å². The van der Waals surface area contributed by atoms with E-state index in [0.29, 0.717) is 11.1 Å². The van der Waals surface area contributed by atoms with Crippen LogP contribution >= 0.6 is 0 Å². The second-order valence-electron chi connectivity index (χ2n) is 4.90. The smallest absolute Gasteiger partial charge is 0.248 e. The minimum Gasteiger partial charge on any atom is -0.504 e. The molecule has 6 heteroatoms. The normalized spacial score (nSPS) is 11.9. The lowest BCUT2D eigenvalue weighted by Crippen LogP contribution is -2.12. The number of phenolic OH excluding ortho intramolecular Hbond substituents is 3. The molecule has 0 aromatic heterocycles. The zero-order chi connectivity index (χ0) is 16.4. The third-order valence-electron chi connectivity index (χ3n) is 3.48. The topological polar surface area (TPSA) is 121 Å². The summed E-state index contributed by atoms with van der Waals surface area (Å²) in [6, 6.07) is 8.58. The van der Waals surface area contributed by atoms with E-state index in [-0.39, 0.29) is 5.56 Å². The molecule has 0 saturated carbocycles. The number of primary amides is 1. The molecule has 2 aromatic rings. The maximum absolute atomic E-state index is 12.4. The van der Waals surface area contributed by atoms with E-state index in [4.69, 9.17) is 5.73 Å². The molecule has 5 N–H and O–H groups in total. The third kappa shape index (κ3) is 2.71. The van der Waals surface area contributed by atoms with E-state index in [1.807, 2.05) is 0 Å². The van der Waals surface area contributed by atoms with Crippen molar-refractivity contribution in [2.75, 3.05) is 0 Å². The number of hydrogen-bond acceptors (Lipinski definition) is 5. The molecule has 1 amide bonds. The first-order valence-corrected chi connectivity index (χ1v) is 6.50. The number of benzene rings is 2. The van der Waals surface area contributed by atoms with Crippen molar-refractivity contribution in [2.24, 2.45) is 5.73 Å². The van der Waals surface area contributed by atoms with Gasteiger partial charge in [-0.25, -0.2) is 0 Å². The minimum absolute atomic E-state index is 0.0956. The van der Waals surface area contributed by atoms with Crippen LogP contribution in [0.3, 0.4) is 0 Å². The van der Waals surface area contributed by atoms with Crippen LogP contribution in [-0.2, 0) is 0 Å². The molecule has 0 aliphatic carbocycles. The Hall–Kier alpha value is -3.02. The van der Waals surface area contributed by atoms with Crippen LogP contribution in [0.5, 0.6) is 17.2 Å². The van der Waals surface area contributed by atoms with Gasteiger partial charge in [-0.1, -0.05) is 19.1 Å².